The Morgan fingerprint density at radius 3 is 2.62 bits per heavy atom. The van der Waals surface area contributed by atoms with Gasteiger partial charge in [0.2, 0.25) is 0 Å². The molecule has 1 aliphatic rings. The Balaban J connectivity index is 2.22. The van der Waals surface area contributed by atoms with E-state index in [9.17, 15) is 4.79 Å². The van der Waals surface area contributed by atoms with Crippen molar-refractivity contribution in [1.29, 1.82) is 0 Å². The second kappa shape index (κ2) is 7.25. The minimum atomic E-state index is -0.588. The molecule has 0 spiro atoms. The highest BCUT2D eigenvalue weighted by atomic mass is 35.5. The molecular formula is C16H21ClO4. The molecule has 0 aromatic heterocycles. The standard InChI is InChI=1S/C16H21ClO4/c1-3-16(4-2)20-14(9-10-19-11-18)15(21-16)12-7-5-6-8-13(12)17/h5-8,11,14-15H,3-4,9-10H2,1-2H3/t14-,15-/m0/s1. The predicted octanol–water partition coefficient (Wildman–Crippen LogP) is 3.88. The zero-order valence-electron chi connectivity index (χ0n) is 12.4. The molecule has 0 radical (unpaired) electrons. The van der Waals surface area contributed by atoms with Gasteiger partial charge < -0.3 is 14.2 Å². The van der Waals surface area contributed by atoms with Crippen LogP contribution in [0.25, 0.3) is 0 Å². The van der Waals surface area contributed by atoms with Gasteiger partial charge in [0.25, 0.3) is 6.47 Å². The van der Waals surface area contributed by atoms with Gasteiger partial charge in [0.1, 0.15) is 6.10 Å². The summed E-state index contributed by atoms with van der Waals surface area (Å²) in [6.07, 6.45) is 1.68. The minimum absolute atomic E-state index is 0.176. The number of carbonyl (C=O) groups is 1. The zero-order chi connectivity index (χ0) is 15.3. The van der Waals surface area contributed by atoms with Gasteiger partial charge in [0.05, 0.1) is 12.7 Å². The highest BCUT2D eigenvalue weighted by Crippen LogP contribution is 2.44. The van der Waals surface area contributed by atoms with Gasteiger partial charge in [-0.25, -0.2) is 0 Å². The highest BCUT2D eigenvalue weighted by molar-refractivity contribution is 6.31. The van der Waals surface area contributed by atoms with Crippen LogP contribution in [0.1, 0.15) is 44.8 Å². The van der Waals surface area contributed by atoms with Crippen molar-refractivity contribution in [3.8, 4) is 0 Å². The molecule has 0 N–H and O–H groups in total. The van der Waals surface area contributed by atoms with Gasteiger partial charge in [-0.05, 0) is 18.9 Å². The van der Waals surface area contributed by atoms with Crippen molar-refractivity contribution in [2.75, 3.05) is 6.61 Å². The summed E-state index contributed by atoms with van der Waals surface area (Å²) >= 11 is 6.29. The average Bonchev–Trinajstić information content (AvgIpc) is 2.88. The van der Waals surface area contributed by atoms with Crippen LogP contribution in [0.2, 0.25) is 5.02 Å². The summed E-state index contributed by atoms with van der Waals surface area (Å²) in [5, 5.41) is 0.662. The molecule has 1 aromatic rings. The van der Waals surface area contributed by atoms with E-state index in [0.717, 1.165) is 18.4 Å². The Labute approximate surface area is 130 Å². The molecule has 1 fully saturated rings. The van der Waals surface area contributed by atoms with Gasteiger partial charge in [-0.2, -0.15) is 0 Å². The van der Waals surface area contributed by atoms with Crippen LogP contribution in [0.15, 0.2) is 24.3 Å². The number of ether oxygens (including phenoxy) is 3. The third kappa shape index (κ3) is 3.57. The summed E-state index contributed by atoms with van der Waals surface area (Å²) < 4.78 is 17.1. The van der Waals surface area contributed by atoms with Gasteiger partial charge in [-0.15, -0.1) is 0 Å². The van der Waals surface area contributed by atoms with Gasteiger partial charge in [0.15, 0.2) is 5.79 Å². The Morgan fingerprint density at radius 1 is 1.29 bits per heavy atom. The van der Waals surface area contributed by atoms with E-state index in [2.05, 4.69) is 0 Å². The van der Waals surface area contributed by atoms with Gasteiger partial charge in [-0.3, -0.25) is 4.79 Å². The zero-order valence-corrected chi connectivity index (χ0v) is 13.1. The van der Waals surface area contributed by atoms with E-state index in [1.807, 2.05) is 38.1 Å². The smallest absolute Gasteiger partial charge is 0.293 e. The largest absolute Gasteiger partial charge is 0.468 e. The van der Waals surface area contributed by atoms with Crippen molar-refractivity contribution in [3.63, 3.8) is 0 Å². The predicted molar refractivity (Wildman–Crippen MR) is 80.1 cm³/mol. The molecule has 1 aromatic carbocycles. The molecular weight excluding hydrogens is 292 g/mol. The molecule has 1 aliphatic heterocycles. The van der Waals surface area contributed by atoms with Gasteiger partial charge >= 0.3 is 0 Å². The van der Waals surface area contributed by atoms with E-state index in [1.54, 1.807) is 0 Å². The monoisotopic (exact) mass is 312 g/mol. The Bertz CT molecular complexity index is 473. The van der Waals surface area contributed by atoms with Crippen LogP contribution in [0.3, 0.4) is 0 Å². The summed E-state index contributed by atoms with van der Waals surface area (Å²) in [4.78, 5) is 10.3. The van der Waals surface area contributed by atoms with Crippen molar-refractivity contribution in [2.24, 2.45) is 0 Å². The molecule has 1 saturated heterocycles. The molecule has 1 heterocycles. The second-order valence-electron chi connectivity index (χ2n) is 5.09. The van der Waals surface area contributed by atoms with Crippen molar-refractivity contribution in [3.05, 3.63) is 34.9 Å². The molecule has 0 unspecified atom stereocenters. The Morgan fingerprint density at radius 2 is 2.00 bits per heavy atom. The molecule has 5 heteroatoms. The van der Waals surface area contributed by atoms with Crippen LogP contribution >= 0.6 is 11.6 Å². The maximum absolute atomic E-state index is 10.3. The molecule has 2 rings (SSSR count). The van der Waals surface area contributed by atoms with Crippen LogP contribution in [0.4, 0.5) is 0 Å². The van der Waals surface area contributed by atoms with E-state index in [1.165, 1.54) is 0 Å². The van der Waals surface area contributed by atoms with Gasteiger partial charge in [0, 0.05) is 17.0 Å². The lowest BCUT2D eigenvalue weighted by Gasteiger charge is -2.25. The maximum atomic E-state index is 10.3. The van der Waals surface area contributed by atoms with Crippen molar-refractivity contribution in [1.82, 2.24) is 0 Å². The summed E-state index contributed by atoms with van der Waals surface area (Å²) in [7, 11) is 0. The van der Waals surface area contributed by atoms with E-state index < -0.39 is 5.79 Å². The fourth-order valence-corrected chi connectivity index (χ4v) is 2.91. The first-order valence-electron chi connectivity index (χ1n) is 7.31. The van der Waals surface area contributed by atoms with E-state index in [0.29, 0.717) is 24.5 Å². The summed E-state index contributed by atoms with van der Waals surface area (Å²) in [5.74, 6) is -0.588. The quantitative estimate of drug-likeness (QED) is 0.566. The third-order valence-electron chi connectivity index (χ3n) is 3.92. The molecule has 21 heavy (non-hydrogen) atoms. The number of hydrogen-bond acceptors (Lipinski definition) is 4. The highest BCUT2D eigenvalue weighted by Gasteiger charge is 2.46. The lowest BCUT2D eigenvalue weighted by atomic mass is 10.0. The van der Waals surface area contributed by atoms with Crippen LogP contribution in [-0.4, -0.2) is 25.0 Å². The van der Waals surface area contributed by atoms with Gasteiger partial charge in [-0.1, -0.05) is 43.6 Å². The van der Waals surface area contributed by atoms with E-state index in [4.69, 9.17) is 25.8 Å². The number of rotatable bonds is 7. The topological polar surface area (TPSA) is 44.8 Å². The van der Waals surface area contributed by atoms with E-state index >= 15 is 0 Å². The number of carbonyl (C=O) groups excluding carboxylic acids is 1. The van der Waals surface area contributed by atoms with Crippen LogP contribution in [0, 0.1) is 0 Å². The fraction of sp³-hybridized carbons (Fsp3) is 0.562. The Kier molecular flexibility index (Phi) is 5.62. The number of halogens is 1. The molecule has 4 nitrogen and oxygen atoms in total. The van der Waals surface area contributed by atoms with Crippen LogP contribution in [-0.2, 0) is 19.0 Å². The first kappa shape index (κ1) is 16.3. The number of hydrogen-bond donors (Lipinski definition) is 0. The van der Waals surface area contributed by atoms with Crippen LogP contribution < -0.4 is 0 Å². The summed E-state index contributed by atoms with van der Waals surface area (Å²) in [6.45, 7) is 4.84. The first-order chi connectivity index (χ1) is 10.2. The summed E-state index contributed by atoms with van der Waals surface area (Å²) in [5.41, 5.74) is 0.916. The molecule has 0 aliphatic carbocycles. The molecule has 0 amide bonds. The first-order valence-corrected chi connectivity index (χ1v) is 7.69. The fourth-order valence-electron chi connectivity index (χ4n) is 2.67. The Hall–Kier alpha value is -1.10. The lowest BCUT2D eigenvalue weighted by molar-refractivity contribution is -0.180. The third-order valence-corrected chi connectivity index (χ3v) is 4.27. The molecule has 116 valence electrons. The lowest BCUT2D eigenvalue weighted by Crippen LogP contribution is -2.29. The molecule has 0 saturated carbocycles. The average molecular weight is 313 g/mol. The maximum Gasteiger partial charge on any atom is 0.293 e. The molecule has 2 atom stereocenters. The van der Waals surface area contributed by atoms with Crippen molar-refractivity contribution < 1.29 is 19.0 Å². The second-order valence-corrected chi connectivity index (χ2v) is 5.50. The molecule has 0 bridgehead atoms. The minimum Gasteiger partial charge on any atom is -0.468 e. The normalized spacial score (nSPS) is 24.0. The van der Waals surface area contributed by atoms with Crippen molar-refractivity contribution >= 4 is 18.1 Å². The SMILES string of the molecule is CCC1(CC)O[C@@H](CCOC=O)[C@H](c2ccccc2Cl)O1. The van der Waals surface area contributed by atoms with Crippen LogP contribution in [0.5, 0.6) is 0 Å². The van der Waals surface area contributed by atoms with Crippen molar-refractivity contribution in [2.45, 2.75) is 51.1 Å². The van der Waals surface area contributed by atoms with E-state index in [-0.39, 0.29) is 12.2 Å². The summed E-state index contributed by atoms with van der Waals surface area (Å²) in [6, 6.07) is 7.61. The number of benzene rings is 1.